The summed E-state index contributed by atoms with van der Waals surface area (Å²) in [6.07, 6.45) is 1.79. The van der Waals surface area contributed by atoms with Gasteiger partial charge in [0.1, 0.15) is 5.54 Å². The van der Waals surface area contributed by atoms with Crippen LogP contribution in [0.3, 0.4) is 0 Å². The van der Waals surface area contributed by atoms with Crippen molar-refractivity contribution in [2.75, 3.05) is 6.54 Å². The molecular weight excluding hydrogens is 238 g/mol. The van der Waals surface area contributed by atoms with Crippen molar-refractivity contribution in [3.63, 3.8) is 0 Å². The summed E-state index contributed by atoms with van der Waals surface area (Å²) in [4.78, 5) is 32.8. The van der Waals surface area contributed by atoms with Crippen LogP contribution >= 0.6 is 0 Å². The van der Waals surface area contributed by atoms with Crippen molar-refractivity contribution >= 4 is 17.9 Å². The number of amides is 3. The molecule has 0 saturated carbocycles. The molecule has 0 saturated heterocycles. The van der Waals surface area contributed by atoms with Crippen molar-refractivity contribution in [2.24, 2.45) is 5.73 Å². The number of aliphatic carboxylic acids is 1. The topological polar surface area (TPSA) is 122 Å². The molecule has 0 aromatic rings. The maximum atomic E-state index is 11.4. The SMILES string of the molecule is CCC(C)(NC(=O)NCCCCC(N)=O)C(=O)O. The number of nitrogens with two attached hydrogens (primary N) is 1. The largest absolute Gasteiger partial charge is 0.480 e. The van der Waals surface area contributed by atoms with Crippen LogP contribution in [0.25, 0.3) is 0 Å². The second-order valence-corrected chi connectivity index (χ2v) is 4.30. The van der Waals surface area contributed by atoms with Crippen LogP contribution in [-0.2, 0) is 9.59 Å². The van der Waals surface area contributed by atoms with Gasteiger partial charge in [0, 0.05) is 13.0 Å². The summed E-state index contributed by atoms with van der Waals surface area (Å²) in [6, 6.07) is -0.527. The number of urea groups is 1. The predicted octanol–water partition coefficient (Wildman–Crippen LogP) is 0.195. The fourth-order valence-corrected chi connectivity index (χ4v) is 1.21. The van der Waals surface area contributed by atoms with Gasteiger partial charge in [-0.25, -0.2) is 9.59 Å². The Labute approximate surface area is 106 Å². The molecule has 0 bridgehead atoms. The molecule has 0 radical (unpaired) electrons. The van der Waals surface area contributed by atoms with E-state index in [4.69, 9.17) is 10.8 Å². The number of rotatable bonds is 8. The summed E-state index contributed by atoms with van der Waals surface area (Å²) < 4.78 is 0. The van der Waals surface area contributed by atoms with Crippen molar-refractivity contribution < 1.29 is 19.5 Å². The van der Waals surface area contributed by atoms with E-state index in [0.29, 0.717) is 19.4 Å². The number of hydrogen-bond donors (Lipinski definition) is 4. The highest BCUT2D eigenvalue weighted by Crippen LogP contribution is 2.08. The van der Waals surface area contributed by atoms with Crippen molar-refractivity contribution in [3.8, 4) is 0 Å². The van der Waals surface area contributed by atoms with E-state index in [2.05, 4.69) is 10.6 Å². The summed E-state index contributed by atoms with van der Waals surface area (Å²) in [7, 11) is 0. The van der Waals surface area contributed by atoms with E-state index < -0.39 is 17.5 Å². The highest BCUT2D eigenvalue weighted by molar-refractivity contribution is 5.85. The number of hydrogen-bond acceptors (Lipinski definition) is 3. The fourth-order valence-electron chi connectivity index (χ4n) is 1.21. The van der Waals surface area contributed by atoms with E-state index >= 15 is 0 Å². The van der Waals surface area contributed by atoms with E-state index in [1.54, 1.807) is 6.92 Å². The van der Waals surface area contributed by atoms with E-state index in [1.807, 2.05) is 0 Å². The fraction of sp³-hybridized carbons (Fsp3) is 0.727. The summed E-state index contributed by atoms with van der Waals surface area (Å²) in [6.45, 7) is 3.50. The van der Waals surface area contributed by atoms with Gasteiger partial charge in [0.15, 0.2) is 0 Å². The Morgan fingerprint density at radius 1 is 1.28 bits per heavy atom. The number of primary amides is 1. The van der Waals surface area contributed by atoms with E-state index in [0.717, 1.165) is 0 Å². The maximum Gasteiger partial charge on any atom is 0.329 e. The molecule has 0 aliphatic carbocycles. The van der Waals surface area contributed by atoms with Gasteiger partial charge >= 0.3 is 12.0 Å². The maximum absolute atomic E-state index is 11.4. The monoisotopic (exact) mass is 259 g/mol. The van der Waals surface area contributed by atoms with Crippen molar-refractivity contribution in [3.05, 3.63) is 0 Å². The Balaban J connectivity index is 3.90. The van der Waals surface area contributed by atoms with E-state index in [9.17, 15) is 14.4 Å². The molecule has 104 valence electrons. The number of carbonyl (C=O) groups is 3. The third kappa shape index (κ3) is 6.07. The molecule has 0 heterocycles. The molecule has 1 atom stereocenters. The van der Waals surface area contributed by atoms with Crippen LogP contribution in [0, 0.1) is 0 Å². The van der Waals surface area contributed by atoms with Crippen LogP contribution < -0.4 is 16.4 Å². The van der Waals surface area contributed by atoms with Crippen molar-refractivity contribution in [1.29, 1.82) is 0 Å². The standard InChI is InChI=1S/C11H21N3O4/c1-3-11(2,9(16)17)14-10(18)13-7-5-4-6-8(12)15/h3-7H2,1-2H3,(H2,12,15)(H,16,17)(H2,13,14,18). The molecule has 0 rings (SSSR count). The van der Waals surface area contributed by atoms with Gasteiger partial charge in [-0.1, -0.05) is 6.92 Å². The Morgan fingerprint density at radius 3 is 2.33 bits per heavy atom. The van der Waals surface area contributed by atoms with Crippen LogP contribution in [0.15, 0.2) is 0 Å². The van der Waals surface area contributed by atoms with Crippen molar-refractivity contribution in [2.45, 2.75) is 45.1 Å². The normalized spacial score (nSPS) is 13.4. The van der Waals surface area contributed by atoms with Crippen LogP contribution in [0.2, 0.25) is 0 Å². The van der Waals surface area contributed by atoms with Gasteiger partial charge in [0.2, 0.25) is 5.91 Å². The van der Waals surface area contributed by atoms with Crippen LogP contribution in [0.5, 0.6) is 0 Å². The summed E-state index contributed by atoms with van der Waals surface area (Å²) >= 11 is 0. The first-order chi connectivity index (χ1) is 8.31. The van der Waals surface area contributed by atoms with Gasteiger partial charge in [-0.3, -0.25) is 4.79 Å². The smallest absolute Gasteiger partial charge is 0.329 e. The van der Waals surface area contributed by atoms with Gasteiger partial charge in [-0.05, 0) is 26.2 Å². The zero-order valence-electron chi connectivity index (χ0n) is 10.8. The Morgan fingerprint density at radius 2 is 1.89 bits per heavy atom. The van der Waals surface area contributed by atoms with Crippen LogP contribution in [-0.4, -0.2) is 35.1 Å². The predicted molar refractivity (Wildman–Crippen MR) is 65.9 cm³/mol. The Hall–Kier alpha value is -1.79. The highest BCUT2D eigenvalue weighted by atomic mass is 16.4. The lowest BCUT2D eigenvalue weighted by atomic mass is 10.00. The quantitative estimate of drug-likeness (QED) is 0.465. The average Bonchev–Trinajstić information content (AvgIpc) is 2.27. The number of unbranched alkanes of at least 4 members (excludes halogenated alkanes) is 1. The lowest BCUT2D eigenvalue weighted by Gasteiger charge is -2.24. The summed E-state index contributed by atoms with van der Waals surface area (Å²) in [5, 5.41) is 13.9. The minimum Gasteiger partial charge on any atom is -0.480 e. The molecule has 3 amide bonds. The van der Waals surface area contributed by atoms with Gasteiger partial charge < -0.3 is 21.5 Å². The first-order valence-corrected chi connectivity index (χ1v) is 5.89. The molecule has 5 N–H and O–H groups in total. The highest BCUT2D eigenvalue weighted by Gasteiger charge is 2.32. The van der Waals surface area contributed by atoms with Gasteiger partial charge in [0.05, 0.1) is 0 Å². The molecule has 0 aliphatic heterocycles. The number of nitrogens with one attached hydrogen (secondary N) is 2. The molecule has 0 aromatic heterocycles. The van der Waals surface area contributed by atoms with Crippen molar-refractivity contribution in [1.82, 2.24) is 10.6 Å². The lowest BCUT2D eigenvalue weighted by Crippen LogP contribution is -2.54. The molecule has 18 heavy (non-hydrogen) atoms. The van der Waals surface area contributed by atoms with Gasteiger partial charge in [-0.2, -0.15) is 0 Å². The van der Waals surface area contributed by atoms with Gasteiger partial charge in [-0.15, -0.1) is 0 Å². The van der Waals surface area contributed by atoms with Crippen LogP contribution in [0.1, 0.15) is 39.5 Å². The van der Waals surface area contributed by atoms with Gasteiger partial charge in [0.25, 0.3) is 0 Å². The second-order valence-electron chi connectivity index (χ2n) is 4.30. The molecule has 7 nitrogen and oxygen atoms in total. The molecule has 0 spiro atoms. The number of carboxylic acid groups (broad SMARTS) is 1. The molecule has 1 unspecified atom stereocenters. The summed E-state index contributed by atoms with van der Waals surface area (Å²) in [5.74, 6) is -1.45. The molecule has 0 fully saturated rings. The first kappa shape index (κ1) is 16.2. The number of carboxylic acids is 1. The molecule has 0 aliphatic rings. The summed E-state index contributed by atoms with van der Waals surface area (Å²) in [5.41, 5.74) is 3.70. The lowest BCUT2D eigenvalue weighted by molar-refractivity contribution is -0.143. The number of carbonyl (C=O) groups excluding carboxylic acids is 2. The first-order valence-electron chi connectivity index (χ1n) is 5.89. The average molecular weight is 259 g/mol. The molecule has 7 heteroatoms. The minimum absolute atomic E-state index is 0.283. The van der Waals surface area contributed by atoms with Crippen LogP contribution in [0.4, 0.5) is 4.79 Å². The minimum atomic E-state index is -1.27. The Kier molecular flexibility index (Phi) is 6.77. The Bertz CT molecular complexity index is 319. The molecule has 0 aromatic carbocycles. The molecular formula is C11H21N3O4. The second kappa shape index (κ2) is 7.52. The van der Waals surface area contributed by atoms with E-state index in [1.165, 1.54) is 6.92 Å². The zero-order valence-corrected chi connectivity index (χ0v) is 10.8. The third-order valence-corrected chi connectivity index (χ3v) is 2.70. The third-order valence-electron chi connectivity index (χ3n) is 2.70. The van der Waals surface area contributed by atoms with E-state index in [-0.39, 0.29) is 18.7 Å². The zero-order chi connectivity index (χ0) is 14.2.